The first kappa shape index (κ1) is 8.37. The van der Waals surface area contributed by atoms with Gasteiger partial charge in [0.15, 0.2) is 0 Å². The molecule has 0 saturated carbocycles. The lowest BCUT2D eigenvalue weighted by atomic mass is 10.00. The molecule has 0 N–H and O–H groups in total. The molecule has 1 rings (SSSR count). The Hall–Kier alpha value is -0.730. The SMILES string of the molecule is CCC(C)C1COC(=O)N1C. The van der Waals surface area contributed by atoms with Crippen LogP contribution in [0.4, 0.5) is 4.79 Å². The fourth-order valence-corrected chi connectivity index (χ4v) is 1.32. The van der Waals surface area contributed by atoms with Gasteiger partial charge in [0.25, 0.3) is 0 Å². The molecule has 3 heteroatoms. The van der Waals surface area contributed by atoms with E-state index in [2.05, 4.69) is 13.8 Å². The van der Waals surface area contributed by atoms with Gasteiger partial charge < -0.3 is 9.64 Å². The zero-order valence-electron chi connectivity index (χ0n) is 7.33. The molecular formula is C8H15NO2. The van der Waals surface area contributed by atoms with Crippen LogP contribution in [-0.4, -0.2) is 30.7 Å². The van der Waals surface area contributed by atoms with E-state index in [1.54, 1.807) is 11.9 Å². The van der Waals surface area contributed by atoms with Gasteiger partial charge in [-0.15, -0.1) is 0 Å². The average Bonchev–Trinajstić information content (AvgIpc) is 2.32. The molecule has 0 spiro atoms. The largest absolute Gasteiger partial charge is 0.447 e. The van der Waals surface area contributed by atoms with E-state index in [1.165, 1.54) is 0 Å². The van der Waals surface area contributed by atoms with E-state index in [4.69, 9.17) is 4.74 Å². The molecule has 11 heavy (non-hydrogen) atoms. The lowest BCUT2D eigenvalue weighted by Crippen LogP contribution is -2.34. The molecular weight excluding hydrogens is 142 g/mol. The Morgan fingerprint density at radius 1 is 1.82 bits per heavy atom. The smallest absolute Gasteiger partial charge is 0.409 e. The van der Waals surface area contributed by atoms with Crippen molar-refractivity contribution < 1.29 is 9.53 Å². The van der Waals surface area contributed by atoms with Crippen LogP contribution in [0.3, 0.4) is 0 Å². The highest BCUT2D eigenvalue weighted by molar-refractivity contribution is 5.69. The number of amides is 1. The number of hydrogen-bond donors (Lipinski definition) is 0. The maximum absolute atomic E-state index is 10.9. The van der Waals surface area contributed by atoms with Crippen LogP contribution in [0.1, 0.15) is 20.3 Å². The summed E-state index contributed by atoms with van der Waals surface area (Å²) in [4.78, 5) is 12.6. The molecule has 1 aliphatic rings. The first-order chi connectivity index (χ1) is 5.16. The average molecular weight is 157 g/mol. The number of carbonyl (C=O) groups is 1. The van der Waals surface area contributed by atoms with Gasteiger partial charge in [0, 0.05) is 7.05 Å². The minimum absolute atomic E-state index is 0.185. The van der Waals surface area contributed by atoms with Gasteiger partial charge in [-0.2, -0.15) is 0 Å². The second-order valence-corrected chi connectivity index (χ2v) is 3.14. The van der Waals surface area contributed by atoms with Crippen molar-refractivity contribution in [3.63, 3.8) is 0 Å². The van der Waals surface area contributed by atoms with Gasteiger partial charge in [0.1, 0.15) is 6.61 Å². The molecule has 1 saturated heterocycles. The lowest BCUT2D eigenvalue weighted by molar-refractivity contribution is 0.163. The summed E-state index contributed by atoms with van der Waals surface area (Å²) < 4.78 is 4.89. The van der Waals surface area contributed by atoms with Crippen molar-refractivity contribution in [2.24, 2.45) is 5.92 Å². The molecule has 1 aliphatic heterocycles. The first-order valence-electron chi connectivity index (χ1n) is 4.06. The predicted octanol–water partition coefficient (Wildman–Crippen LogP) is 1.48. The molecule has 1 heterocycles. The van der Waals surface area contributed by atoms with E-state index >= 15 is 0 Å². The molecule has 0 radical (unpaired) electrons. The van der Waals surface area contributed by atoms with Gasteiger partial charge in [0.2, 0.25) is 0 Å². The summed E-state index contributed by atoms with van der Waals surface area (Å²) in [5.41, 5.74) is 0. The van der Waals surface area contributed by atoms with Crippen LogP contribution in [-0.2, 0) is 4.74 Å². The second kappa shape index (κ2) is 3.11. The fourth-order valence-electron chi connectivity index (χ4n) is 1.32. The molecule has 0 aromatic rings. The van der Waals surface area contributed by atoms with E-state index in [9.17, 15) is 4.79 Å². The number of ether oxygens (including phenoxy) is 1. The van der Waals surface area contributed by atoms with Crippen LogP contribution >= 0.6 is 0 Å². The van der Waals surface area contributed by atoms with Crippen LogP contribution < -0.4 is 0 Å². The number of likely N-dealkylation sites (N-methyl/N-ethyl adjacent to an activating group) is 1. The summed E-state index contributed by atoms with van der Waals surface area (Å²) in [6.07, 6.45) is 0.904. The summed E-state index contributed by atoms with van der Waals surface area (Å²) in [5, 5.41) is 0. The van der Waals surface area contributed by atoms with E-state index in [0.717, 1.165) is 6.42 Å². The Morgan fingerprint density at radius 3 is 2.82 bits per heavy atom. The third-order valence-electron chi connectivity index (χ3n) is 2.46. The Kier molecular flexibility index (Phi) is 2.37. The molecule has 3 nitrogen and oxygen atoms in total. The fraction of sp³-hybridized carbons (Fsp3) is 0.875. The highest BCUT2D eigenvalue weighted by atomic mass is 16.6. The summed E-state index contributed by atoms with van der Waals surface area (Å²) >= 11 is 0. The van der Waals surface area contributed by atoms with Crippen LogP contribution in [0.2, 0.25) is 0 Å². The molecule has 0 aromatic carbocycles. The normalized spacial score (nSPS) is 27.0. The van der Waals surface area contributed by atoms with Gasteiger partial charge >= 0.3 is 6.09 Å². The predicted molar refractivity (Wildman–Crippen MR) is 42.4 cm³/mol. The quantitative estimate of drug-likeness (QED) is 0.607. The van der Waals surface area contributed by atoms with E-state index in [0.29, 0.717) is 12.5 Å². The zero-order chi connectivity index (χ0) is 8.43. The zero-order valence-corrected chi connectivity index (χ0v) is 7.33. The van der Waals surface area contributed by atoms with Crippen LogP contribution in [0, 0.1) is 5.92 Å². The second-order valence-electron chi connectivity index (χ2n) is 3.14. The number of nitrogens with zero attached hydrogens (tertiary/aromatic N) is 1. The highest BCUT2D eigenvalue weighted by Gasteiger charge is 2.32. The molecule has 0 aromatic heterocycles. The lowest BCUT2D eigenvalue weighted by Gasteiger charge is -2.21. The summed E-state index contributed by atoms with van der Waals surface area (Å²) in [5.74, 6) is 0.534. The van der Waals surface area contributed by atoms with Gasteiger partial charge in [-0.25, -0.2) is 4.79 Å². The topological polar surface area (TPSA) is 29.5 Å². The standard InChI is InChI=1S/C8H15NO2/c1-4-6(2)7-5-11-8(10)9(7)3/h6-7H,4-5H2,1-3H3. The van der Waals surface area contributed by atoms with Crippen molar-refractivity contribution in [3.05, 3.63) is 0 Å². The number of cyclic esters (lactones) is 1. The van der Waals surface area contributed by atoms with Crippen molar-refractivity contribution in [3.8, 4) is 0 Å². The third kappa shape index (κ3) is 1.47. The third-order valence-corrected chi connectivity index (χ3v) is 2.46. The molecule has 2 unspecified atom stereocenters. The Morgan fingerprint density at radius 2 is 2.45 bits per heavy atom. The van der Waals surface area contributed by atoms with Crippen LogP contribution in [0.5, 0.6) is 0 Å². The van der Waals surface area contributed by atoms with Crippen molar-refractivity contribution >= 4 is 6.09 Å². The van der Waals surface area contributed by atoms with Crippen LogP contribution in [0.15, 0.2) is 0 Å². The maximum Gasteiger partial charge on any atom is 0.409 e. The van der Waals surface area contributed by atoms with Crippen LogP contribution in [0.25, 0.3) is 0 Å². The molecule has 0 bridgehead atoms. The Balaban J connectivity index is 2.54. The minimum atomic E-state index is -0.185. The van der Waals surface area contributed by atoms with Crippen molar-refractivity contribution in [2.45, 2.75) is 26.3 Å². The molecule has 1 amide bonds. The van der Waals surface area contributed by atoms with Crippen molar-refractivity contribution in [2.75, 3.05) is 13.7 Å². The maximum atomic E-state index is 10.9. The van der Waals surface area contributed by atoms with Gasteiger partial charge in [-0.3, -0.25) is 0 Å². The number of carbonyl (C=O) groups excluding carboxylic acids is 1. The van der Waals surface area contributed by atoms with E-state index in [-0.39, 0.29) is 12.1 Å². The van der Waals surface area contributed by atoms with Crippen molar-refractivity contribution in [1.82, 2.24) is 4.90 Å². The Bertz CT molecular complexity index is 158. The number of rotatable bonds is 2. The minimum Gasteiger partial charge on any atom is -0.447 e. The van der Waals surface area contributed by atoms with Crippen molar-refractivity contribution in [1.29, 1.82) is 0 Å². The summed E-state index contributed by atoms with van der Waals surface area (Å²) in [6.45, 7) is 4.83. The molecule has 0 aliphatic carbocycles. The molecule has 64 valence electrons. The van der Waals surface area contributed by atoms with E-state index in [1.807, 2.05) is 0 Å². The van der Waals surface area contributed by atoms with Gasteiger partial charge in [-0.05, 0) is 5.92 Å². The summed E-state index contributed by atoms with van der Waals surface area (Å²) in [6, 6.07) is 0.285. The van der Waals surface area contributed by atoms with Gasteiger partial charge in [-0.1, -0.05) is 20.3 Å². The number of hydrogen-bond acceptors (Lipinski definition) is 2. The molecule has 1 fully saturated rings. The first-order valence-corrected chi connectivity index (χ1v) is 4.06. The Labute approximate surface area is 67.3 Å². The highest BCUT2D eigenvalue weighted by Crippen LogP contribution is 2.19. The van der Waals surface area contributed by atoms with E-state index < -0.39 is 0 Å². The van der Waals surface area contributed by atoms with Gasteiger partial charge in [0.05, 0.1) is 6.04 Å². The monoisotopic (exact) mass is 157 g/mol. The molecule has 2 atom stereocenters. The summed E-state index contributed by atoms with van der Waals surface area (Å²) in [7, 11) is 1.80.